The van der Waals surface area contributed by atoms with Crippen molar-refractivity contribution in [1.29, 1.82) is 0 Å². The molecule has 6 nitrogen and oxygen atoms in total. The van der Waals surface area contributed by atoms with Gasteiger partial charge in [0.2, 0.25) is 0 Å². The molecule has 0 aliphatic carbocycles. The molecule has 0 radical (unpaired) electrons. The first-order valence-electron chi connectivity index (χ1n) is 6.27. The number of nitrogens with zero attached hydrogens (tertiary/aromatic N) is 1. The number of para-hydroxylation sites is 1. The zero-order valence-electron chi connectivity index (χ0n) is 11.4. The number of carbonyl (C=O) groups excluding carboxylic acids is 1. The van der Waals surface area contributed by atoms with E-state index in [9.17, 15) is 14.3 Å². The van der Waals surface area contributed by atoms with Crippen LogP contribution >= 0.6 is 0 Å². The Hall–Kier alpha value is -3.09. The number of hydrogen-bond donors (Lipinski definition) is 3. The molecule has 0 heterocycles. The third kappa shape index (κ3) is 4.20. The second-order valence-corrected chi connectivity index (χ2v) is 4.26. The summed E-state index contributed by atoms with van der Waals surface area (Å²) in [7, 11) is 0. The molecule has 22 heavy (non-hydrogen) atoms. The highest BCUT2D eigenvalue weighted by molar-refractivity contribution is 5.85. The van der Waals surface area contributed by atoms with Crippen LogP contribution in [0.3, 0.4) is 0 Å². The fraction of sp³-hybridized carbons (Fsp3) is 0.0667. The van der Waals surface area contributed by atoms with Crippen molar-refractivity contribution in [2.45, 2.75) is 0 Å². The number of hydrazone groups is 1. The standard InChI is InChI=1S/C15H13FN2O4/c16-12-3-1-2-4-14(12)22-9-15(21)18-17-8-10-5-6-11(19)7-13(10)20/h1-8,19-20H,9H2,(H,18,21)/b17-8+. The molecular weight excluding hydrogens is 291 g/mol. The molecule has 2 aromatic rings. The Morgan fingerprint density at radius 2 is 2.05 bits per heavy atom. The zero-order valence-corrected chi connectivity index (χ0v) is 11.4. The van der Waals surface area contributed by atoms with Crippen molar-refractivity contribution in [3.8, 4) is 17.2 Å². The van der Waals surface area contributed by atoms with Crippen LogP contribution in [0.1, 0.15) is 5.56 Å². The quantitative estimate of drug-likeness (QED) is 0.580. The van der Waals surface area contributed by atoms with Gasteiger partial charge in [-0.1, -0.05) is 12.1 Å². The van der Waals surface area contributed by atoms with Gasteiger partial charge in [0.05, 0.1) is 6.21 Å². The first-order chi connectivity index (χ1) is 10.6. The van der Waals surface area contributed by atoms with Crippen LogP contribution in [0.2, 0.25) is 0 Å². The average Bonchev–Trinajstić information content (AvgIpc) is 2.49. The Kier molecular flexibility index (Phi) is 4.92. The summed E-state index contributed by atoms with van der Waals surface area (Å²) >= 11 is 0. The number of carbonyl (C=O) groups is 1. The van der Waals surface area contributed by atoms with Gasteiger partial charge in [0.1, 0.15) is 11.5 Å². The topological polar surface area (TPSA) is 91.2 Å². The molecule has 0 unspecified atom stereocenters. The summed E-state index contributed by atoms with van der Waals surface area (Å²) in [6.07, 6.45) is 1.20. The number of ether oxygens (including phenoxy) is 1. The number of hydrogen-bond acceptors (Lipinski definition) is 5. The van der Waals surface area contributed by atoms with Gasteiger partial charge < -0.3 is 14.9 Å². The number of phenolic OH excluding ortho intramolecular Hbond substituents is 2. The van der Waals surface area contributed by atoms with Crippen LogP contribution in [0.25, 0.3) is 0 Å². The largest absolute Gasteiger partial charge is 0.508 e. The van der Waals surface area contributed by atoms with E-state index in [1.807, 2.05) is 0 Å². The van der Waals surface area contributed by atoms with E-state index in [2.05, 4.69) is 10.5 Å². The van der Waals surface area contributed by atoms with Crippen molar-refractivity contribution < 1.29 is 24.1 Å². The minimum atomic E-state index is -0.585. The lowest BCUT2D eigenvalue weighted by Gasteiger charge is -2.05. The van der Waals surface area contributed by atoms with Crippen molar-refractivity contribution in [3.63, 3.8) is 0 Å². The van der Waals surface area contributed by atoms with E-state index in [1.54, 1.807) is 6.07 Å². The van der Waals surface area contributed by atoms with Gasteiger partial charge in [-0.25, -0.2) is 9.82 Å². The van der Waals surface area contributed by atoms with Gasteiger partial charge in [-0.15, -0.1) is 0 Å². The molecular formula is C15H13FN2O4. The molecule has 0 spiro atoms. The van der Waals surface area contributed by atoms with Crippen molar-refractivity contribution in [1.82, 2.24) is 5.43 Å². The molecule has 0 bridgehead atoms. The highest BCUT2D eigenvalue weighted by Crippen LogP contribution is 2.20. The van der Waals surface area contributed by atoms with Crippen LogP contribution in [0.4, 0.5) is 4.39 Å². The molecule has 114 valence electrons. The van der Waals surface area contributed by atoms with Crippen LogP contribution in [0, 0.1) is 5.82 Å². The van der Waals surface area contributed by atoms with E-state index in [-0.39, 0.29) is 17.2 Å². The molecule has 3 N–H and O–H groups in total. The van der Waals surface area contributed by atoms with Crippen LogP contribution in [0.15, 0.2) is 47.6 Å². The normalized spacial score (nSPS) is 10.6. The first-order valence-corrected chi connectivity index (χ1v) is 6.27. The lowest BCUT2D eigenvalue weighted by molar-refractivity contribution is -0.123. The molecule has 2 aromatic carbocycles. The summed E-state index contributed by atoms with van der Waals surface area (Å²) in [5, 5.41) is 22.3. The third-order valence-electron chi connectivity index (χ3n) is 2.60. The number of halogens is 1. The van der Waals surface area contributed by atoms with Gasteiger partial charge in [0.25, 0.3) is 5.91 Å². The number of amides is 1. The molecule has 0 saturated heterocycles. The number of nitrogens with one attached hydrogen (secondary N) is 1. The number of aromatic hydroxyl groups is 2. The van der Waals surface area contributed by atoms with E-state index in [0.29, 0.717) is 5.56 Å². The molecule has 1 amide bonds. The Labute approximate surface area is 125 Å². The highest BCUT2D eigenvalue weighted by atomic mass is 19.1. The Balaban J connectivity index is 1.85. The second-order valence-electron chi connectivity index (χ2n) is 4.26. The van der Waals surface area contributed by atoms with Crippen molar-refractivity contribution in [2.24, 2.45) is 5.10 Å². The molecule has 0 atom stereocenters. The number of phenols is 2. The molecule has 0 aromatic heterocycles. The molecule has 7 heteroatoms. The Morgan fingerprint density at radius 3 is 2.77 bits per heavy atom. The zero-order chi connectivity index (χ0) is 15.9. The lowest BCUT2D eigenvalue weighted by atomic mass is 10.2. The summed E-state index contributed by atoms with van der Waals surface area (Å²) in [5.41, 5.74) is 2.49. The van der Waals surface area contributed by atoms with Crippen LogP contribution in [-0.2, 0) is 4.79 Å². The van der Waals surface area contributed by atoms with Gasteiger partial charge in [-0.05, 0) is 24.3 Å². The molecule has 0 fully saturated rings. The molecule has 0 aliphatic rings. The first kappa shape index (κ1) is 15.3. The van der Waals surface area contributed by atoms with E-state index < -0.39 is 18.3 Å². The molecule has 0 saturated carbocycles. The van der Waals surface area contributed by atoms with Crippen molar-refractivity contribution in [3.05, 3.63) is 53.8 Å². The summed E-state index contributed by atoms with van der Waals surface area (Å²) in [6, 6.07) is 9.66. The van der Waals surface area contributed by atoms with Crippen molar-refractivity contribution >= 4 is 12.1 Å². The van der Waals surface area contributed by atoms with Gasteiger partial charge in [-0.3, -0.25) is 4.79 Å². The summed E-state index contributed by atoms with van der Waals surface area (Å²) in [6.45, 7) is -0.403. The predicted molar refractivity (Wildman–Crippen MR) is 77.4 cm³/mol. The van der Waals surface area contributed by atoms with Crippen LogP contribution in [-0.4, -0.2) is 28.9 Å². The second kappa shape index (κ2) is 7.07. The highest BCUT2D eigenvalue weighted by Gasteiger charge is 2.05. The predicted octanol–water partition coefficient (Wildman–Crippen LogP) is 1.77. The van der Waals surface area contributed by atoms with Crippen LogP contribution < -0.4 is 10.2 Å². The van der Waals surface area contributed by atoms with Gasteiger partial charge in [0.15, 0.2) is 18.2 Å². The van der Waals surface area contributed by atoms with E-state index in [1.165, 1.54) is 36.5 Å². The molecule has 2 rings (SSSR count). The summed E-state index contributed by atoms with van der Waals surface area (Å²) in [4.78, 5) is 11.5. The maximum Gasteiger partial charge on any atom is 0.277 e. The SMILES string of the molecule is O=C(COc1ccccc1F)N/N=C/c1ccc(O)cc1O. The summed E-state index contributed by atoms with van der Waals surface area (Å²) < 4.78 is 18.3. The maximum atomic E-state index is 13.3. The van der Waals surface area contributed by atoms with Crippen molar-refractivity contribution in [2.75, 3.05) is 6.61 Å². The monoisotopic (exact) mass is 304 g/mol. The van der Waals surface area contributed by atoms with E-state index in [4.69, 9.17) is 9.84 Å². The smallest absolute Gasteiger partial charge is 0.277 e. The third-order valence-corrected chi connectivity index (χ3v) is 2.60. The fourth-order valence-electron chi connectivity index (χ4n) is 1.55. The Bertz CT molecular complexity index is 704. The van der Waals surface area contributed by atoms with Gasteiger partial charge in [0, 0.05) is 11.6 Å². The molecule has 0 aliphatic heterocycles. The number of rotatable bonds is 5. The average molecular weight is 304 g/mol. The minimum Gasteiger partial charge on any atom is -0.508 e. The van der Waals surface area contributed by atoms with E-state index >= 15 is 0 Å². The van der Waals surface area contributed by atoms with E-state index in [0.717, 1.165) is 6.07 Å². The fourth-order valence-corrected chi connectivity index (χ4v) is 1.55. The Morgan fingerprint density at radius 1 is 1.27 bits per heavy atom. The minimum absolute atomic E-state index is 0.0298. The maximum absolute atomic E-state index is 13.3. The van der Waals surface area contributed by atoms with Gasteiger partial charge >= 0.3 is 0 Å². The lowest BCUT2D eigenvalue weighted by Crippen LogP contribution is -2.24. The summed E-state index contributed by atoms with van der Waals surface area (Å²) in [5.74, 6) is -1.44. The van der Waals surface area contributed by atoms with Crippen LogP contribution in [0.5, 0.6) is 17.2 Å². The van der Waals surface area contributed by atoms with Gasteiger partial charge in [-0.2, -0.15) is 5.10 Å². The number of benzene rings is 2.